The van der Waals surface area contributed by atoms with E-state index in [1.165, 1.54) is 0 Å². The minimum atomic E-state index is -0.380. The number of primary amides is 1. The molecule has 1 aliphatic rings. The van der Waals surface area contributed by atoms with Gasteiger partial charge in [-0.05, 0) is 51.3 Å². The monoisotopic (exact) mass is 262 g/mol. The smallest absolute Gasteiger partial charge is 0.249 e. The van der Waals surface area contributed by atoms with E-state index in [0.29, 0.717) is 11.6 Å². The lowest BCUT2D eigenvalue weighted by Crippen LogP contribution is -2.37. The molecule has 3 N–H and O–H groups in total. The Hall–Kier alpha value is -1.55. The SMILES string of the molecule is Cc1c(NC2CC(C)OC(C)C2)cccc1C(N)=O. The van der Waals surface area contributed by atoms with Gasteiger partial charge in [0.15, 0.2) is 0 Å². The lowest BCUT2D eigenvalue weighted by Gasteiger charge is -2.33. The van der Waals surface area contributed by atoms with E-state index in [0.717, 1.165) is 24.1 Å². The van der Waals surface area contributed by atoms with Crippen LogP contribution in [0.5, 0.6) is 0 Å². The summed E-state index contributed by atoms with van der Waals surface area (Å²) in [5.74, 6) is -0.380. The fourth-order valence-electron chi connectivity index (χ4n) is 2.80. The van der Waals surface area contributed by atoms with Gasteiger partial charge >= 0.3 is 0 Å². The molecule has 0 aromatic heterocycles. The second kappa shape index (κ2) is 5.61. The number of ether oxygens (including phenoxy) is 1. The zero-order valence-electron chi connectivity index (χ0n) is 11.8. The normalized spacial score (nSPS) is 27.0. The number of rotatable bonds is 3. The van der Waals surface area contributed by atoms with Gasteiger partial charge in [-0.3, -0.25) is 4.79 Å². The maximum Gasteiger partial charge on any atom is 0.249 e. The van der Waals surface area contributed by atoms with Gasteiger partial charge in [-0.1, -0.05) is 6.07 Å². The van der Waals surface area contributed by atoms with Crippen molar-refractivity contribution in [3.63, 3.8) is 0 Å². The highest BCUT2D eigenvalue weighted by Gasteiger charge is 2.24. The minimum absolute atomic E-state index is 0.265. The van der Waals surface area contributed by atoms with Crippen LogP contribution in [0.2, 0.25) is 0 Å². The third kappa shape index (κ3) is 3.26. The number of carbonyl (C=O) groups excluding carboxylic acids is 1. The molecule has 4 heteroatoms. The number of hydrogen-bond acceptors (Lipinski definition) is 3. The molecule has 1 aromatic carbocycles. The van der Waals surface area contributed by atoms with Crippen LogP contribution >= 0.6 is 0 Å². The molecule has 0 radical (unpaired) electrons. The molecule has 1 heterocycles. The Kier molecular flexibility index (Phi) is 4.10. The largest absolute Gasteiger partial charge is 0.382 e. The van der Waals surface area contributed by atoms with Crippen LogP contribution in [0.25, 0.3) is 0 Å². The molecule has 2 rings (SSSR count). The van der Waals surface area contributed by atoms with Gasteiger partial charge in [-0.25, -0.2) is 0 Å². The molecule has 1 saturated heterocycles. The summed E-state index contributed by atoms with van der Waals surface area (Å²) in [6, 6.07) is 5.99. The zero-order chi connectivity index (χ0) is 14.0. The fourth-order valence-corrected chi connectivity index (χ4v) is 2.80. The Bertz CT molecular complexity index is 463. The van der Waals surface area contributed by atoms with Gasteiger partial charge < -0.3 is 15.8 Å². The Morgan fingerprint density at radius 2 is 1.95 bits per heavy atom. The highest BCUT2D eigenvalue weighted by Crippen LogP contribution is 2.25. The third-order valence-electron chi connectivity index (χ3n) is 3.66. The van der Waals surface area contributed by atoms with E-state index in [9.17, 15) is 4.79 Å². The van der Waals surface area contributed by atoms with Gasteiger partial charge in [-0.2, -0.15) is 0 Å². The quantitative estimate of drug-likeness (QED) is 0.879. The average Bonchev–Trinajstić information content (AvgIpc) is 2.30. The lowest BCUT2D eigenvalue weighted by atomic mass is 9.98. The van der Waals surface area contributed by atoms with Gasteiger partial charge in [0, 0.05) is 17.3 Å². The molecule has 1 aliphatic heterocycles. The maximum atomic E-state index is 11.3. The van der Waals surface area contributed by atoms with Crippen molar-refractivity contribution in [2.75, 3.05) is 5.32 Å². The number of anilines is 1. The van der Waals surface area contributed by atoms with E-state index in [1.54, 1.807) is 6.07 Å². The van der Waals surface area contributed by atoms with E-state index in [2.05, 4.69) is 19.2 Å². The summed E-state index contributed by atoms with van der Waals surface area (Å²) in [5, 5.41) is 3.52. The molecule has 4 nitrogen and oxygen atoms in total. The molecule has 0 bridgehead atoms. The second-order valence-corrected chi connectivity index (χ2v) is 5.41. The van der Waals surface area contributed by atoms with Crippen molar-refractivity contribution in [2.24, 2.45) is 5.73 Å². The number of nitrogens with one attached hydrogen (secondary N) is 1. The Balaban J connectivity index is 2.15. The predicted molar refractivity (Wildman–Crippen MR) is 76.4 cm³/mol. The predicted octanol–water partition coefficient (Wildman–Crippen LogP) is 2.46. The summed E-state index contributed by atoms with van der Waals surface area (Å²) in [4.78, 5) is 11.3. The second-order valence-electron chi connectivity index (χ2n) is 5.41. The summed E-state index contributed by atoms with van der Waals surface area (Å²) in [6.07, 6.45) is 2.48. The van der Waals surface area contributed by atoms with E-state index < -0.39 is 0 Å². The van der Waals surface area contributed by atoms with Gasteiger partial charge in [0.25, 0.3) is 0 Å². The van der Waals surface area contributed by atoms with E-state index in [4.69, 9.17) is 10.5 Å². The van der Waals surface area contributed by atoms with Crippen molar-refractivity contribution in [3.8, 4) is 0 Å². The first-order valence-electron chi connectivity index (χ1n) is 6.78. The van der Waals surface area contributed by atoms with E-state index in [1.807, 2.05) is 19.1 Å². The van der Waals surface area contributed by atoms with E-state index >= 15 is 0 Å². The van der Waals surface area contributed by atoms with Crippen LogP contribution in [-0.4, -0.2) is 24.2 Å². The van der Waals surface area contributed by atoms with Crippen LogP contribution in [0.1, 0.15) is 42.6 Å². The molecular weight excluding hydrogens is 240 g/mol. The summed E-state index contributed by atoms with van der Waals surface area (Å²) in [6.45, 7) is 6.11. The van der Waals surface area contributed by atoms with Crippen LogP contribution in [0, 0.1) is 6.92 Å². The summed E-state index contributed by atoms with van der Waals surface area (Å²) >= 11 is 0. The van der Waals surface area contributed by atoms with E-state index in [-0.39, 0.29) is 18.1 Å². The van der Waals surface area contributed by atoms with Gasteiger partial charge in [0.05, 0.1) is 12.2 Å². The third-order valence-corrected chi connectivity index (χ3v) is 3.66. The van der Waals surface area contributed by atoms with Crippen molar-refractivity contribution in [3.05, 3.63) is 29.3 Å². The topological polar surface area (TPSA) is 64.3 Å². The Labute approximate surface area is 114 Å². The first-order chi connectivity index (χ1) is 8.97. The van der Waals surface area contributed by atoms with Crippen LogP contribution in [-0.2, 0) is 4.74 Å². The van der Waals surface area contributed by atoms with Crippen molar-refractivity contribution in [1.82, 2.24) is 0 Å². The first kappa shape index (κ1) is 13.9. The molecule has 2 atom stereocenters. The maximum absolute atomic E-state index is 11.3. The molecular formula is C15H22N2O2. The molecule has 2 unspecified atom stereocenters. The van der Waals surface area contributed by atoms with Crippen LogP contribution in [0.3, 0.4) is 0 Å². The van der Waals surface area contributed by atoms with Gasteiger partial charge in [0.2, 0.25) is 5.91 Å². The number of carbonyl (C=O) groups is 1. The van der Waals surface area contributed by atoms with Crippen molar-refractivity contribution < 1.29 is 9.53 Å². The summed E-state index contributed by atoms with van der Waals surface area (Å²) in [7, 11) is 0. The Morgan fingerprint density at radius 3 is 2.53 bits per heavy atom. The molecule has 0 saturated carbocycles. The summed E-state index contributed by atoms with van der Waals surface area (Å²) in [5.41, 5.74) is 7.86. The summed E-state index contributed by atoms with van der Waals surface area (Å²) < 4.78 is 5.73. The zero-order valence-corrected chi connectivity index (χ0v) is 11.8. The molecule has 1 fully saturated rings. The van der Waals surface area contributed by atoms with Gasteiger partial charge in [0.1, 0.15) is 0 Å². The van der Waals surface area contributed by atoms with Crippen LogP contribution in [0.4, 0.5) is 5.69 Å². The molecule has 0 aliphatic carbocycles. The lowest BCUT2D eigenvalue weighted by molar-refractivity contribution is -0.0337. The number of nitrogens with two attached hydrogens (primary N) is 1. The first-order valence-corrected chi connectivity index (χ1v) is 6.78. The average molecular weight is 262 g/mol. The van der Waals surface area contributed by atoms with Gasteiger partial charge in [-0.15, -0.1) is 0 Å². The van der Waals surface area contributed by atoms with Crippen molar-refractivity contribution in [1.29, 1.82) is 0 Å². The molecule has 104 valence electrons. The number of hydrogen-bond donors (Lipinski definition) is 2. The van der Waals surface area contributed by atoms with Crippen molar-refractivity contribution >= 4 is 11.6 Å². The van der Waals surface area contributed by atoms with Crippen molar-refractivity contribution in [2.45, 2.75) is 51.9 Å². The molecule has 1 amide bonds. The standard InChI is InChI=1S/C15H22N2O2/c1-9-7-12(8-10(2)19-9)17-14-6-4-5-13(11(14)3)15(16)18/h4-6,9-10,12,17H,7-8H2,1-3H3,(H2,16,18). The number of amides is 1. The van der Waals surface area contributed by atoms with Crippen LogP contribution in [0.15, 0.2) is 18.2 Å². The molecule has 19 heavy (non-hydrogen) atoms. The highest BCUT2D eigenvalue weighted by molar-refractivity contribution is 5.95. The molecule has 0 spiro atoms. The van der Waals surface area contributed by atoms with Crippen LogP contribution < -0.4 is 11.1 Å². The Morgan fingerprint density at radius 1 is 1.32 bits per heavy atom. The highest BCUT2D eigenvalue weighted by atomic mass is 16.5. The fraction of sp³-hybridized carbons (Fsp3) is 0.533. The minimum Gasteiger partial charge on any atom is -0.382 e. The molecule has 1 aromatic rings. The number of benzene rings is 1.